The smallest absolute Gasteiger partial charge is 0.309 e. The van der Waals surface area contributed by atoms with Gasteiger partial charge in [-0.05, 0) is 31.0 Å². The van der Waals surface area contributed by atoms with Crippen molar-refractivity contribution in [3.05, 3.63) is 28.2 Å². The number of ether oxygens (including phenoxy) is 1. The molecule has 1 amide bonds. The van der Waals surface area contributed by atoms with E-state index < -0.39 is 23.9 Å². The van der Waals surface area contributed by atoms with Crippen molar-refractivity contribution in [3.63, 3.8) is 0 Å². The quantitative estimate of drug-likeness (QED) is 0.868. The van der Waals surface area contributed by atoms with Gasteiger partial charge in [-0.3, -0.25) is 9.59 Å². The van der Waals surface area contributed by atoms with Crippen molar-refractivity contribution >= 4 is 40.8 Å². The third kappa shape index (κ3) is 4.33. The Morgan fingerprint density at radius 2 is 2.19 bits per heavy atom. The number of hydrogen-bond acceptors (Lipinski definition) is 3. The molecule has 0 radical (unpaired) electrons. The number of nitrogens with one attached hydrogen (secondary N) is 1. The van der Waals surface area contributed by atoms with Crippen LogP contribution in [0, 0.1) is 5.92 Å². The van der Waals surface area contributed by atoms with Gasteiger partial charge < -0.3 is 15.2 Å². The van der Waals surface area contributed by atoms with Crippen LogP contribution >= 0.6 is 23.2 Å². The molecule has 1 aliphatic heterocycles. The fraction of sp³-hybridized carbons (Fsp3) is 0.429. The molecule has 0 aliphatic carbocycles. The Hall–Kier alpha value is -1.30. The molecule has 0 aromatic heterocycles. The number of carboxylic acid groups (broad SMARTS) is 1. The standard InChI is InChI=1S/C14H15Cl2NO4/c15-8-3-4-11(10(16)6-8)17-13(18)7-9(14(19)20)12-2-1-5-21-12/h3-4,6,9,12H,1-2,5,7H2,(H,17,18)(H,19,20). The first kappa shape index (κ1) is 16.1. The molecule has 1 aromatic carbocycles. The minimum atomic E-state index is -1.03. The molecule has 21 heavy (non-hydrogen) atoms. The van der Waals surface area contributed by atoms with E-state index in [4.69, 9.17) is 27.9 Å². The summed E-state index contributed by atoms with van der Waals surface area (Å²) >= 11 is 11.7. The van der Waals surface area contributed by atoms with E-state index in [1.165, 1.54) is 6.07 Å². The lowest BCUT2D eigenvalue weighted by Crippen LogP contribution is -2.31. The molecule has 1 heterocycles. The van der Waals surface area contributed by atoms with Crippen molar-refractivity contribution in [2.75, 3.05) is 11.9 Å². The largest absolute Gasteiger partial charge is 0.481 e. The molecule has 2 unspecified atom stereocenters. The molecular weight excluding hydrogens is 317 g/mol. The van der Waals surface area contributed by atoms with Crippen LogP contribution in [0.1, 0.15) is 19.3 Å². The van der Waals surface area contributed by atoms with Crippen LogP contribution < -0.4 is 5.32 Å². The molecule has 2 atom stereocenters. The van der Waals surface area contributed by atoms with Crippen molar-refractivity contribution in [1.29, 1.82) is 0 Å². The minimum absolute atomic E-state index is 0.154. The molecule has 7 heteroatoms. The van der Waals surface area contributed by atoms with Crippen LogP contribution in [0.25, 0.3) is 0 Å². The van der Waals surface area contributed by atoms with Crippen molar-refractivity contribution in [1.82, 2.24) is 0 Å². The summed E-state index contributed by atoms with van der Waals surface area (Å²) in [5, 5.41) is 12.6. The summed E-state index contributed by atoms with van der Waals surface area (Å²) in [5.41, 5.74) is 0.405. The van der Waals surface area contributed by atoms with E-state index in [0.717, 1.165) is 6.42 Å². The van der Waals surface area contributed by atoms with Crippen LogP contribution in [0.15, 0.2) is 18.2 Å². The average Bonchev–Trinajstić information content (AvgIpc) is 2.92. The van der Waals surface area contributed by atoms with E-state index in [-0.39, 0.29) is 6.42 Å². The van der Waals surface area contributed by atoms with Crippen molar-refractivity contribution in [2.45, 2.75) is 25.4 Å². The fourth-order valence-electron chi connectivity index (χ4n) is 2.29. The Morgan fingerprint density at radius 3 is 2.76 bits per heavy atom. The third-order valence-electron chi connectivity index (χ3n) is 3.34. The molecule has 2 N–H and O–H groups in total. The Kier molecular flexibility index (Phi) is 5.45. The molecule has 5 nitrogen and oxygen atoms in total. The molecule has 0 saturated carbocycles. The van der Waals surface area contributed by atoms with E-state index >= 15 is 0 Å². The zero-order valence-corrected chi connectivity index (χ0v) is 12.7. The van der Waals surface area contributed by atoms with Gasteiger partial charge in [0.15, 0.2) is 0 Å². The molecule has 2 rings (SSSR count). The first-order chi connectivity index (χ1) is 9.97. The topological polar surface area (TPSA) is 75.6 Å². The highest BCUT2D eigenvalue weighted by Gasteiger charge is 2.33. The minimum Gasteiger partial charge on any atom is -0.481 e. The maximum Gasteiger partial charge on any atom is 0.309 e. The van der Waals surface area contributed by atoms with E-state index in [1.807, 2.05) is 0 Å². The highest BCUT2D eigenvalue weighted by molar-refractivity contribution is 6.36. The molecule has 0 bridgehead atoms. The summed E-state index contributed by atoms with van der Waals surface area (Å²) in [4.78, 5) is 23.3. The number of carbonyl (C=O) groups excluding carboxylic acids is 1. The summed E-state index contributed by atoms with van der Waals surface area (Å²) in [6.45, 7) is 0.541. The molecular formula is C14H15Cl2NO4. The lowest BCUT2D eigenvalue weighted by atomic mass is 9.96. The molecule has 1 aliphatic rings. The lowest BCUT2D eigenvalue weighted by molar-refractivity contribution is -0.148. The second-order valence-corrected chi connectivity index (χ2v) is 5.72. The van der Waals surface area contributed by atoms with Crippen LogP contribution in [-0.2, 0) is 14.3 Å². The number of rotatable bonds is 5. The average molecular weight is 332 g/mol. The summed E-state index contributed by atoms with van der Waals surface area (Å²) in [6, 6.07) is 4.68. The second-order valence-electron chi connectivity index (χ2n) is 4.87. The number of carbonyl (C=O) groups is 2. The van der Waals surface area contributed by atoms with E-state index in [1.54, 1.807) is 12.1 Å². The maximum absolute atomic E-state index is 12.0. The van der Waals surface area contributed by atoms with Gasteiger partial charge in [-0.2, -0.15) is 0 Å². The van der Waals surface area contributed by atoms with Crippen LogP contribution in [0.4, 0.5) is 5.69 Å². The van der Waals surface area contributed by atoms with E-state index in [2.05, 4.69) is 5.32 Å². The van der Waals surface area contributed by atoms with Crippen molar-refractivity contribution in [3.8, 4) is 0 Å². The SMILES string of the molecule is O=C(CC(C(=O)O)C1CCCO1)Nc1ccc(Cl)cc1Cl. The van der Waals surface area contributed by atoms with Gasteiger partial charge in [0.2, 0.25) is 5.91 Å². The van der Waals surface area contributed by atoms with Gasteiger partial charge in [0.25, 0.3) is 0 Å². The summed E-state index contributed by atoms with van der Waals surface area (Å²) in [5.74, 6) is -2.29. The van der Waals surface area contributed by atoms with Crippen LogP contribution in [0.3, 0.4) is 0 Å². The third-order valence-corrected chi connectivity index (χ3v) is 3.89. The van der Waals surface area contributed by atoms with Crippen molar-refractivity contribution < 1.29 is 19.4 Å². The molecule has 0 spiro atoms. The molecule has 1 fully saturated rings. The lowest BCUT2D eigenvalue weighted by Gasteiger charge is -2.18. The van der Waals surface area contributed by atoms with Gasteiger partial charge in [-0.1, -0.05) is 23.2 Å². The van der Waals surface area contributed by atoms with Gasteiger partial charge in [-0.25, -0.2) is 0 Å². The Morgan fingerprint density at radius 1 is 1.43 bits per heavy atom. The maximum atomic E-state index is 12.0. The van der Waals surface area contributed by atoms with E-state index in [9.17, 15) is 14.7 Å². The van der Waals surface area contributed by atoms with Gasteiger partial charge in [-0.15, -0.1) is 0 Å². The Labute approximate surface area is 132 Å². The normalized spacial score (nSPS) is 19.2. The zero-order chi connectivity index (χ0) is 15.4. The highest BCUT2D eigenvalue weighted by Crippen LogP contribution is 2.27. The van der Waals surface area contributed by atoms with Gasteiger partial charge >= 0.3 is 5.97 Å². The van der Waals surface area contributed by atoms with Crippen LogP contribution in [-0.4, -0.2) is 29.7 Å². The monoisotopic (exact) mass is 331 g/mol. The van der Waals surface area contributed by atoms with Crippen molar-refractivity contribution in [2.24, 2.45) is 5.92 Å². The Bertz CT molecular complexity index is 544. The molecule has 1 aromatic rings. The molecule has 1 saturated heterocycles. The highest BCUT2D eigenvalue weighted by atomic mass is 35.5. The van der Waals surface area contributed by atoms with E-state index in [0.29, 0.717) is 28.8 Å². The van der Waals surface area contributed by atoms with Gasteiger partial charge in [0, 0.05) is 18.1 Å². The fourth-order valence-corrected chi connectivity index (χ4v) is 2.75. The number of benzene rings is 1. The summed E-state index contributed by atoms with van der Waals surface area (Å²) < 4.78 is 5.36. The number of hydrogen-bond donors (Lipinski definition) is 2. The second kappa shape index (κ2) is 7.11. The molecule has 114 valence electrons. The first-order valence-corrected chi connectivity index (χ1v) is 7.32. The predicted molar refractivity (Wildman–Crippen MR) is 79.8 cm³/mol. The van der Waals surface area contributed by atoms with Gasteiger partial charge in [0.05, 0.1) is 22.7 Å². The first-order valence-electron chi connectivity index (χ1n) is 6.56. The number of carboxylic acids is 1. The Balaban J connectivity index is 2.00. The number of aliphatic carboxylic acids is 1. The number of amides is 1. The van der Waals surface area contributed by atoms with Gasteiger partial charge in [0.1, 0.15) is 0 Å². The summed E-state index contributed by atoms with van der Waals surface area (Å²) in [7, 11) is 0. The summed E-state index contributed by atoms with van der Waals surface area (Å²) in [6.07, 6.45) is 0.915. The number of anilines is 1. The zero-order valence-electron chi connectivity index (χ0n) is 11.1. The van der Waals surface area contributed by atoms with Crippen LogP contribution in [0.5, 0.6) is 0 Å². The number of halogens is 2. The predicted octanol–water partition coefficient (Wildman–Crippen LogP) is 3.20. The van der Waals surface area contributed by atoms with Crippen LogP contribution in [0.2, 0.25) is 10.0 Å².